The maximum atomic E-state index is 13.0. The van der Waals surface area contributed by atoms with Gasteiger partial charge in [-0.25, -0.2) is 0 Å². The maximum Gasteiger partial charge on any atom is 0.254 e. The van der Waals surface area contributed by atoms with E-state index in [-0.39, 0.29) is 17.9 Å². The lowest BCUT2D eigenvalue weighted by Gasteiger charge is -2.28. The van der Waals surface area contributed by atoms with Crippen molar-refractivity contribution in [3.8, 4) is 6.07 Å². The van der Waals surface area contributed by atoms with Crippen LogP contribution in [0.25, 0.3) is 0 Å². The fourth-order valence-corrected chi connectivity index (χ4v) is 3.62. The number of amides is 2. The van der Waals surface area contributed by atoms with E-state index in [4.69, 9.17) is 5.26 Å². The van der Waals surface area contributed by atoms with E-state index >= 15 is 0 Å². The van der Waals surface area contributed by atoms with Gasteiger partial charge in [-0.05, 0) is 55.7 Å². The number of hydrogen-bond acceptors (Lipinski definition) is 3. The van der Waals surface area contributed by atoms with Crippen LogP contribution in [0.3, 0.4) is 0 Å². The number of hydrogen-bond donors (Lipinski definition) is 0. The van der Waals surface area contributed by atoms with Gasteiger partial charge in [-0.3, -0.25) is 9.59 Å². The molecular formula is C23H25N3O2. The van der Waals surface area contributed by atoms with Crippen LogP contribution in [-0.2, 0) is 11.3 Å². The van der Waals surface area contributed by atoms with E-state index in [1.807, 2.05) is 60.0 Å². The number of nitrogens with zero attached hydrogens (tertiary/aromatic N) is 3. The van der Waals surface area contributed by atoms with Gasteiger partial charge in [0.05, 0.1) is 17.7 Å². The Morgan fingerprint density at radius 2 is 1.86 bits per heavy atom. The molecule has 0 N–H and O–H groups in total. The first-order valence-corrected chi connectivity index (χ1v) is 9.71. The van der Waals surface area contributed by atoms with Crippen molar-refractivity contribution in [2.24, 2.45) is 0 Å². The van der Waals surface area contributed by atoms with E-state index < -0.39 is 0 Å². The molecule has 2 aromatic carbocycles. The number of nitriles is 1. The van der Waals surface area contributed by atoms with Crippen molar-refractivity contribution in [3.63, 3.8) is 0 Å². The Balaban J connectivity index is 1.71. The van der Waals surface area contributed by atoms with Crippen LogP contribution in [0.1, 0.15) is 59.8 Å². The van der Waals surface area contributed by atoms with Crippen LogP contribution in [0.5, 0.6) is 0 Å². The fourth-order valence-electron chi connectivity index (χ4n) is 3.62. The van der Waals surface area contributed by atoms with Crippen molar-refractivity contribution >= 4 is 11.8 Å². The first-order valence-electron chi connectivity index (χ1n) is 9.71. The quantitative estimate of drug-likeness (QED) is 0.769. The van der Waals surface area contributed by atoms with E-state index in [9.17, 15) is 9.59 Å². The predicted octanol–water partition coefficient (Wildman–Crippen LogP) is 3.90. The van der Waals surface area contributed by atoms with Gasteiger partial charge in [-0.15, -0.1) is 0 Å². The van der Waals surface area contributed by atoms with E-state index in [0.29, 0.717) is 30.6 Å². The fraction of sp³-hybridized carbons (Fsp3) is 0.348. The lowest BCUT2D eigenvalue weighted by Crippen LogP contribution is -2.33. The molecule has 0 spiro atoms. The highest BCUT2D eigenvalue weighted by atomic mass is 16.2. The van der Waals surface area contributed by atoms with Gasteiger partial charge < -0.3 is 9.80 Å². The highest BCUT2D eigenvalue weighted by molar-refractivity contribution is 5.94. The monoisotopic (exact) mass is 375 g/mol. The first kappa shape index (κ1) is 19.6. The smallest absolute Gasteiger partial charge is 0.254 e. The molecule has 5 heteroatoms. The topological polar surface area (TPSA) is 64.4 Å². The molecule has 1 saturated heterocycles. The number of likely N-dealkylation sites (tertiary alicyclic amines) is 1. The van der Waals surface area contributed by atoms with Crippen molar-refractivity contribution in [2.75, 3.05) is 13.1 Å². The van der Waals surface area contributed by atoms with Crippen LogP contribution in [0.4, 0.5) is 0 Å². The molecule has 0 saturated carbocycles. The second-order valence-corrected chi connectivity index (χ2v) is 7.12. The largest absolute Gasteiger partial charge is 0.338 e. The molecule has 28 heavy (non-hydrogen) atoms. The van der Waals surface area contributed by atoms with E-state index in [1.54, 1.807) is 12.1 Å². The zero-order valence-corrected chi connectivity index (χ0v) is 16.4. The normalized spacial score (nSPS) is 14.6. The Morgan fingerprint density at radius 3 is 2.39 bits per heavy atom. The predicted molar refractivity (Wildman–Crippen MR) is 107 cm³/mol. The van der Waals surface area contributed by atoms with E-state index in [1.165, 1.54) is 0 Å². The zero-order chi connectivity index (χ0) is 20.1. The Bertz CT molecular complexity index is 882. The molecule has 5 nitrogen and oxygen atoms in total. The number of rotatable bonds is 6. The molecule has 0 aliphatic carbocycles. The molecule has 0 bridgehead atoms. The third-order valence-corrected chi connectivity index (χ3v) is 5.34. The Morgan fingerprint density at radius 1 is 1.18 bits per heavy atom. The van der Waals surface area contributed by atoms with Gasteiger partial charge in [0, 0.05) is 31.6 Å². The second kappa shape index (κ2) is 8.71. The van der Waals surface area contributed by atoms with Crippen molar-refractivity contribution in [3.05, 3.63) is 70.8 Å². The van der Waals surface area contributed by atoms with Gasteiger partial charge in [0.15, 0.2) is 0 Å². The van der Waals surface area contributed by atoms with Crippen LogP contribution >= 0.6 is 0 Å². The highest BCUT2D eigenvalue weighted by Gasteiger charge is 2.22. The number of carbonyl (C=O) groups is 2. The molecule has 3 rings (SSSR count). The van der Waals surface area contributed by atoms with Crippen molar-refractivity contribution in [1.29, 1.82) is 5.26 Å². The van der Waals surface area contributed by atoms with Crippen LogP contribution in [0.2, 0.25) is 0 Å². The summed E-state index contributed by atoms with van der Waals surface area (Å²) in [4.78, 5) is 28.5. The number of benzene rings is 2. The van der Waals surface area contributed by atoms with Crippen LogP contribution in [0, 0.1) is 11.3 Å². The highest BCUT2D eigenvalue weighted by Crippen LogP contribution is 2.23. The molecule has 1 atom stereocenters. The summed E-state index contributed by atoms with van der Waals surface area (Å²) < 4.78 is 0. The summed E-state index contributed by atoms with van der Waals surface area (Å²) in [7, 11) is 0. The van der Waals surface area contributed by atoms with Crippen LogP contribution in [0.15, 0.2) is 48.5 Å². The van der Waals surface area contributed by atoms with Crippen LogP contribution < -0.4 is 0 Å². The van der Waals surface area contributed by atoms with Gasteiger partial charge >= 0.3 is 0 Å². The second-order valence-electron chi connectivity index (χ2n) is 7.12. The third kappa shape index (κ3) is 4.23. The van der Waals surface area contributed by atoms with Gasteiger partial charge in [-0.1, -0.05) is 24.3 Å². The molecule has 0 radical (unpaired) electrons. The maximum absolute atomic E-state index is 13.0. The van der Waals surface area contributed by atoms with E-state index in [2.05, 4.69) is 6.07 Å². The summed E-state index contributed by atoms with van der Waals surface area (Å²) in [6, 6.07) is 16.9. The lowest BCUT2D eigenvalue weighted by molar-refractivity contribution is -0.128. The molecule has 2 aromatic rings. The van der Waals surface area contributed by atoms with Gasteiger partial charge in [0.2, 0.25) is 5.91 Å². The van der Waals surface area contributed by atoms with Gasteiger partial charge in [0.25, 0.3) is 5.91 Å². The summed E-state index contributed by atoms with van der Waals surface area (Å²) in [5, 5.41) is 8.95. The molecule has 2 amide bonds. The summed E-state index contributed by atoms with van der Waals surface area (Å²) in [5.41, 5.74) is 3.28. The minimum absolute atomic E-state index is 0.0249. The minimum atomic E-state index is -0.0906. The molecule has 0 aromatic heterocycles. The molecule has 1 heterocycles. The summed E-state index contributed by atoms with van der Waals surface area (Å²) >= 11 is 0. The first-order chi connectivity index (χ1) is 13.5. The van der Waals surface area contributed by atoms with Gasteiger partial charge in [-0.2, -0.15) is 5.26 Å². The van der Waals surface area contributed by atoms with Crippen molar-refractivity contribution in [1.82, 2.24) is 9.80 Å². The average Bonchev–Trinajstić information content (AvgIpc) is 3.13. The minimum Gasteiger partial charge on any atom is -0.338 e. The van der Waals surface area contributed by atoms with Crippen molar-refractivity contribution in [2.45, 2.75) is 39.3 Å². The molecule has 1 aliphatic heterocycles. The molecule has 1 aliphatic rings. The Labute approximate surface area is 166 Å². The van der Waals surface area contributed by atoms with E-state index in [0.717, 1.165) is 24.1 Å². The Hall–Kier alpha value is -3.13. The van der Waals surface area contributed by atoms with Gasteiger partial charge in [0.1, 0.15) is 0 Å². The summed E-state index contributed by atoms with van der Waals surface area (Å²) in [6.45, 7) is 5.96. The summed E-state index contributed by atoms with van der Waals surface area (Å²) in [5.74, 6) is 0.178. The molecule has 1 unspecified atom stereocenters. The third-order valence-electron chi connectivity index (χ3n) is 5.34. The lowest BCUT2D eigenvalue weighted by atomic mass is 10.0. The summed E-state index contributed by atoms with van der Waals surface area (Å²) in [6.07, 6.45) is 1.56. The van der Waals surface area contributed by atoms with Crippen LogP contribution in [-0.4, -0.2) is 34.7 Å². The zero-order valence-electron chi connectivity index (χ0n) is 16.4. The number of carbonyl (C=O) groups excluding carboxylic acids is 2. The molecule has 1 fully saturated rings. The SMILES string of the molecule is CCN(C(=O)c1ccc(CN2CCCC2=O)cc1)C(C)c1ccc(C#N)cc1. The average molecular weight is 375 g/mol. The molecular weight excluding hydrogens is 350 g/mol. The standard InChI is InChI=1S/C23H25N3O2/c1-3-26(17(2)20-10-6-18(15-24)7-11-20)23(28)21-12-8-19(9-13-21)16-25-14-4-5-22(25)27/h6-13,17H,3-5,14,16H2,1-2H3. The molecule has 144 valence electrons. The van der Waals surface area contributed by atoms with Crippen molar-refractivity contribution < 1.29 is 9.59 Å². The Kier molecular flexibility index (Phi) is 6.10.